The van der Waals surface area contributed by atoms with Gasteiger partial charge in [-0.15, -0.1) is 0 Å². The highest BCUT2D eigenvalue weighted by Crippen LogP contribution is 2.37. The van der Waals surface area contributed by atoms with Crippen LogP contribution in [0.4, 0.5) is 4.39 Å². The van der Waals surface area contributed by atoms with Crippen LogP contribution in [0.15, 0.2) is 54.3 Å². The Kier molecular flexibility index (Phi) is 3.57. The highest BCUT2D eigenvalue weighted by molar-refractivity contribution is 5.73. The lowest BCUT2D eigenvalue weighted by Gasteiger charge is -2.22. The molecular formula is C18H15FO2. The number of rotatable bonds is 3. The van der Waals surface area contributed by atoms with Crippen LogP contribution in [0.5, 0.6) is 5.75 Å². The number of ether oxygens (including phenoxy) is 1. The first-order valence-corrected chi connectivity index (χ1v) is 6.95. The molecule has 2 aromatic rings. The summed E-state index contributed by atoms with van der Waals surface area (Å²) in [7, 11) is 0. The van der Waals surface area contributed by atoms with E-state index < -0.39 is 0 Å². The zero-order valence-corrected chi connectivity index (χ0v) is 11.7. The lowest BCUT2D eigenvalue weighted by atomic mass is 9.92. The van der Waals surface area contributed by atoms with Gasteiger partial charge in [-0.1, -0.05) is 25.1 Å². The molecule has 3 heteroatoms. The molecule has 21 heavy (non-hydrogen) atoms. The largest absolute Gasteiger partial charge is 0.462 e. The molecule has 1 heterocycles. The summed E-state index contributed by atoms with van der Waals surface area (Å²) in [6.07, 6.45) is 3.49. The quantitative estimate of drug-likeness (QED) is 0.777. The number of carbonyl (C=O) groups excluding carboxylic acids is 1. The minimum atomic E-state index is -0.308. The van der Waals surface area contributed by atoms with Gasteiger partial charge in [0.05, 0.1) is 5.92 Å². The summed E-state index contributed by atoms with van der Waals surface area (Å²) in [5.74, 6) is 0.920. The third-order valence-corrected chi connectivity index (χ3v) is 3.63. The van der Waals surface area contributed by atoms with Crippen molar-refractivity contribution in [1.82, 2.24) is 0 Å². The molecule has 3 rings (SSSR count). The van der Waals surface area contributed by atoms with Gasteiger partial charge in [-0.2, -0.15) is 0 Å². The van der Waals surface area contributed by atoms with Crippen molar-refractivity contribution in [2.24, 2.45) is 0 Å². The Morgan fingerprint density at radius 1 is 1.19 bits per heavy atom. The molecule has 0 N–H and O–H groups in total. The minimum absolute atomic E-state index is 0.276. The normalized spacial score (nSPS) is 16.7. The molecule has 0 amide bonds. The number of carbonyl (C=O) groups is 1. The molecule has 0 aliphatic carbocycles. The fourth-order valence-corrected chi connectivity index (χ4v) is 2.52. The number of aldehydes is 1. The average Bonchev–Trinajstić information content (AvgIpc) is 2.53. The van der Waals surface area contributed by atoms with Crippen LogP contribution in [0.25, 0.3) is 11.1 Å². The molecule has 0 spiro atoms. The van der Waals surface area contributed by atoms with Crippen LogP contribution in [0.3, 0.4) is 0 Å². The van der Waals surface area contributed by atoms with Gasteiger partial charge < -0.3 is 9.53 Å². The third kappa shape index (κ3) is 2.59. The van der Waals surface area contributed by atoms with E-state index in [-0.39, 0.29) is 11.7 Å². The van der Waals surface area contributed by atoms with Gasteiger partial charge in [0.1, 0.15) is 23.6 Å². The second kappa shape index (κ2) is 5.52. The van der Waals surface area contributed by atoms with Crippen LogP contribution in [-0.2, 0) is 4.79 Å². The van der Waals surface area contributed by atoms with Gasteiger partial charge in [-0.05, 0) is 41.5 Å². The van der Waals surface area contributed by atoms with Gasteiger partial charge in [0, 0.05) is 12.0 Å². The molecule has 1 aliphatic rings. The van der Waals surface area contributed by atoms with Crippen molar-refractivity contribution in [2.45, 2.75) is 19.3 Å². The summed E-state index contributed by atoms with van der Waals surface area (Å²) in [5, 5.41) is 0. The molecule has 1 unspecified atom stereocenters. The van der Waals surface area contributed by atoms with Crippen molar-refractivity contribution in [3.05, 3.63) is 65.7 Å². The Bertz CT molecular complexity index is 719. The Morgan fingerprint density at radius 3 is 2.71 bits per heavy atom. The van der Waals surface area contributed by atoms with Crippen molar-refractivity contribution in [3.8, 4) is 16.9 Å². The summed E-state index contributed by atoms with van der Waals surface area (Å²) < 4.78 is 19.1. The van der Waals surface area contributed by atoms with Crippen LogP contribution < -0.4 is 4.74 Å². The van der Waals surface area contributed by atoms with E-state index in [1.54, 1.807) is 6.07 Å². The molecule has 0 radical (unpaired) electrons. The lowest BCUT2D eigenvalue weighted by molar-refractivity contribution is -0.108. The van der Waals surface area contributed by atoms with Crippen molar-refractivity contribution < 1.29 is 13.9 Å². The zero-order valence-electron chi connectivity index (χ0n) is 11.7. The number of allylic oxidation sites excluding steroid dienone is 2. The SMILES string of the molecule is CCC1=CC(C=O)c2cc(-c3cccc(F)c3)ccc2O1. The minimum Gasteiger partial charge on any atom is -0.462 e. The standard InChI is InChI=1S/C18H15FO2/c1-2-16-9-14(11-20)17-10-13(6-7-18(17)21-16)12-4-3-5-15(19)8-12/h3-11,14H,2H2,1H3. The van der Waals surface area contributed by atoms with E-state index in [4.69, 9.17) is 4.74 Å². The predicted octanol–water partition coefficient (Wildman–Crippen LogP) is 4.46. The van der Waals surface area contributed by atoms with Crippen molar-refractivity contribution in [3.63, 3.8) is 0 Å². The third-order valence-electron chi connectivity index (χ3n) is 3.63. The number of hydrogen-bond donors (Lipinski definition) is 0. The molecule has 2 nitrogen and oxygen atoms in total. The number of fused-ring (bicyclic) bond motifs is 1. The van der Waals surface area contributed by atoms with Crippen LogP contribution in [0.2, 0.25) is 0 Å². The monoisotopic (exact) mass is 282 g/mol. The number of benzene rings is 2. The first-order chi connectivity index (χ1) is 10.2. The van der Waals surface area contributed by atoms with Crippen molar-refractivity contribution >= 4 is 6.29 Å². The van der Waals surface area contributed by atoms with E-state index in [2.05, 4.69) is 0 Å². The molecule has 1 atom stereocenters. The lowest BCUT2D eigenvalue weighted by Crippen LogP contribution is -2.10. The fraction of sp³-hybridized carbons (Fsp3) is 0.167. The van der Waals surface area contributed by atoms with Crippen LogP contribution in [0.1, 0.15) is 24.8 Å². The highest BCUT2D eigenvalue weighted by Gasteiger charge is 2.21. The molecule has 1 aliphatic heterocycles. The summed E-state index contributed by atoms with van der Waals surface area (Å²) in [5.41, 5.74) is 2.48. The summed E-state index contributed by atoms with van der Waals surface area (Å²) in [4.78, 5) is 11.3. The molecule has 0 saturated carbocycles. The molecule has 0 aromatic heterocycles. The van der Waals surface area contributed by atoms with Gasteiger partial charge >= 0.3 is 0 Å². The predicted molar refractivity (Wildman–Crippen MR) is 79.6 cm³/mol. The molecule has 0 bridgehead atoms. The Labute approximate surface area is 122 Å². The summed E-state index contributed by atoms with van der Waals surface area (Å²) in [6, 6.07) is 12.0. The van der Waals surface area contributed by atoms with E-state index in [0.29, 0.717) is 5.75 Å². The maximum absolute atomic E-state index is 13.3. The molecule has 0 saturated heterocycles. The maximum atomic E-state index is 13.3. The van der Waals surface area contributed by atoms with Crippen LogP contribution in [0, 0.1) is 5.82 Å². The number of halogens is 1. The first-order valence-electron chi connectivity index (χ1n) is 6.95. The average molecular weight is 282 g/mol. The molecule has 2 aromatic carbocycles. The van der Waals surface area contributed by atoms with Crippen LogP contribution in [-0.4, -0.2) is 6.29 Å². The van der Waals surface area contributed by atoms with E-state index >= 15 is 0 Å². The van der Waals surface area contributed by atoms with Gasteiger partial charge in [-0.25, -0.2) is 4.39 Å². The summed E-state index contributed by atoms with van der Waals surface area (Å²) >= 11 is 0. The fourth-order valence-electron chi connectivity index (χ4n) is 2.52. The Hall–Kier alpha value is -2.42. The number of hydrogen-bond acceptors (Lipinski definition) is 2. The second-order valence-electron chi connectivity index (χ2n) is 5.01. The van der Waals surface area contributed by atoms with Gasteiger partial charge in [-0.3, -0.25) is 0 Å². The Morgan fingerprint density at radius 2 is 2.00 bits per heavy atom. The summed E-state index contributed by atoms with van der Waals surface area (Å²) in [6.45, 7) is 1.99. The topological polar surface area (TPSA) is 26.3 Å². The van der Waals surface area contributed by atoms with E-state index in [1.165, 1.54) is 12.1 Å². The molecular weight excluding hydrogens is 267 g/mol. The van der Waals surface area contributed by atoms with E-state index in [0.717, 1.165) is 35.2 Å². The molecule has 106 valence electrons. The Balaban J connectivity index is 2.06. The van der Waals surface area contributed by atoms with E-state index in [1.807, 2.05) is 37.3 Å². The zero-order chi connectivity index (χ0) is 14.8. The first kappa shape index (κ1) is 13.6. The van der Waals surface area contributed by atoms with Crippen molar-refractivity contribution in [2.75, 3.05) is 0 Å². The second-order valence-corrected chi connectivity index (χ2v) is 5.01. The van der Waals surface area contributed by atoms with Crippen molar-refractivity contribution in [1.29, 1.82) is 0 Å². The highest BCUT2D eigenvalue weighted by atomic mass is 19.1. The van der Waals surface area contributed by atoms with Crippen LogP contribution >= 0.6 is 0 Å². The van der Waals surface area contributed by atoms with Gasteiger partial charge in [0.25, 0.3) is 0 Å². The van der Waals surface area contributed by atoms with Gasteiger partial charge in [0.2, 0.25) is 0 Å². The smallest absolute Gasteiger partial charge is 0.131 e. The van der Waals surface area contributed by atoms with Gasteiger partial charge in [0.15, 0.2) is 0 Å². The molecule has 0 fully saturated rings. The maximum Gasteiger partial charge on any atom is 0.131 e. The van der Waals surface area contributed by atoms with E-state index in [9.17, 15) is 9.18 Å².